The highest BCUT2D eigenvalue weighted by atomic mass is 16.5. The molecular formula is C14H13N5O4. The summed E-state index contributed by atoms with van der Waals surface area (Å²) in [5, 5.41) is 0. The van der Waals surface area contributed by atoms with Crippen LogP contribution in [0.4, 0.5) is 0 Å². The molecule has 9 heteroatoms. The third-order valence-electron chi connectivity index (χ3n) is 3.50. The Bertz CT molecular complexity index is 1030. The maximum Gasteiger partial charge on any atom is 0.380 e. The molecule has 0 atom stereocenters. The van der Waals surface area contributed by atoms with Gasteiger partial charge in [-0.15, -0.1) is 0 Å². The number of carbonyl (C=O) groups excluding carboxylic acids is 1. The molecule has 0 radical (unpaired) electrons. The normalized spacial score (nSPS) is 10.9. The van der Waals surface area contributed by atoms with Gasteiger partial charge < -0.3 is 9.30 Å². The maximum atomic E-state index is 12.3. The molecule has 3 aromatic rings. The average molecular weight is 315 g/mol. The van der Waals surface area contributed by atoms with Crippen molar-refractivity contribution in [2.75, 3.05) is 0 Å². The van der Waals surface area contributed by atoms with Gasteiger partial charge in [0.1, 0.15) is 5.75 Å². The molecule has 0 amide bonds. The van der Waals surface area contributed by atoms with Gasteiger partial charge in [-0.25, -0.2) is 14.6 Å². The van der Waals surface area contributed by atoms with E-state index >= 15 is 0 Å². The number of carbonyl (C=O) groups is 1. The van der Waals surface area contributed by atoms with Crippen molar-refractivity contribution < 1.29 is 9.53 Å². The van der Waals surface area contributed by atoms with Crippen LogP contribution in [0.5, 0.6) is 5.75 Å². The van der Waals surface area contributed by atoms with E-state index in [1.807, 2.05) is 0 Å². The molecule has 0 fully saturated rings. The monoisotopic (exact) mass is 315 g/mol. The molecule has 0 aromatic carbocycles. The lowest BCUT2D eigenvalue weighted by molar-refractivity contribution is 0.0718. The van der Waals surface area contributed by atoms with E-state index in [2.05, 4.69) is 9.97 Å². The second-order valence-corrected chi connectivity index (χ2v) is 4.95. The Kier molecular flexibility index (Phi) is 3.32. The number of hydrogen-bond donors (Lipinski definition) is 0. The number of fused-ring (bicyclic) bond motifs is 1. The minimum absolute atomic E-state index is 0.0813. The Morgan fingerprint density at radius 3 is 2.52 bits per heavy atom. The van der Waals surface area contributed by atoms with Gasteiger partial charge in [0.15, 0.2) is 11.2 Å². The number of rotatable bonds is 2. The fraction of sp³-hybridized carbons (Fsp3) is 0.214. The highest BCUT2D eigenvalue weighted by molar-refractivity contribution is 5.91. The number of aryl methyl sites for hydroxylation is 2. The smallest absolute Gasteiger partial charge is 0.380 e. The van der Waals surface area contributed by atoms with Crippen LogP contribution in [-0.4, -0.2) is 29.6 Å². The quantitative estimate of drug-likeness (QED) is 0.596. The molecule has 0 bridgehead atoms. The van der Waals surface area contributed by atoms with Gasteiger partial charge in [0, 0.05) is 27.3 Å². The van der Waals surface area contributed by atoms with Crippen LogP contribution in [0.25, 0.3) is 11.2 Å². The zero-order valence-corrected chi connectivity index (χ0v) is 12.7. The first-order valence-electron chi connectivity index (χ1n) is 6.66. The van der Waals surface area contributed by atoms with E-state index in [-0.39, 0.29) is 22.7 Å². The van der Waals surface area contributed by atoms with Gasteiger partial charge in [0.05, 0.1) is 6.20 Å². The van der Waals surface area contributed by atoms with Crippen LogP contribution in [0.2, 0.25) is 0 Å². The van der Waals surface area contributed by atoms with Crippen molar-refractivity contribution in [3.05, 3.63) is 51.2 Å². The number of hydrogen-bond acceptors (Lipinski definition) is 6. The number of imidazole rings is 1. The van der Waals surface area contributed by atoms with Crippen molar-refractivity contribution in [2.45, 2.75) is 0 Å². The SMILES string of the molecule is Cn1c(=O)c2c(nc(C(=O)Oc3cccnc3)n2C)n(C)c1=O. The van der Waals surface area contributed by atoms with Crippen molar-refractivity contribution >= 4 is 17.1 Å². The summed E-state index contributed by atoms with van der Waals surface area (Å²) in [6.45, 7) is 0. The molecule has 118 valence electrons. The van der Waals surface area contributed by atoms with E-state index in [4.69, 9.17) is 4.74 Å². The van der Waals surface area contributed by atoms with E-state index in [1.165, 1.54) is 36.5 Å². The fourth-order valence-corrected chi connectivity index (χ4v) is 2.26. The Labute approximate surface area is 129 Å². The Morgan fingerprint density at radius 1 is 1.13 bits per heavy atom. The van der Waals surface area contributed by atoms with E-state index in [0.29, 0.717) is 0 Å². The maximum absolute atomic E-state index is 12.3. The molecule has 3 rings (SSSR count). The molecule has 0 spiro atoms. The van der Waals surface area contributed by atoms with E-state index in [9.17, 15) is 14.4 Å². The summed E-state index contributed by atoms with van der Waals surface area (Å²) < 4.78 is 8.65. The van der Waals surface area contributed by atoms with Gasteiger partial charge in [-0.3, -0.25) is 18.9 Å². The van der Waals surface area contributed by atoms with Crippen LogP contribution in [0.3, 0.4) is 0 Å². The third-order valence-corrected chi connectivity index (χ3v) is 3.50. The number of nitrogens with zero attached hydrogens (tertiary/aromatic N) is 5. The molecule has 0 aliphatic rings. The van der Waals surface area contributed by atoms with Crippen LogP contribution in [0.1, 0.15) is 10.6 Å². The van der Waals surface area contributed by atoms with Crippen LogP contribution < -0.4 is 16.0 Å². The standard InChI is InChI=1S/C14H13N5O4/c1-17-9-10(18(2)14(22)19(3)12(9)20)16-11(17)13(21)23-8-5-4-6-15-7-8/h4-7H,1-3H3. The number of pyridine rings is 1. The molecule has 0 aliphatic heterocycles. The van der Waals surface area contributed by atoms with Crippen molar-refractivity contribution in [3.8, 4) is 5.75 Å². The first kappa shape index (κ1) is 14.7. The van der Waals surface area contributed by atoms with Gasteiger partial charge in [-0.2, -0.15) is 0 Å². The molecule has 0 N–H and O–H groups in total. The lowest BCUT2D eigenvalue weighted by Gasteiger charge is -2.04. The third kappa shape index (κ3) is 2.22. The Morgan fingerprint density at radius 2 is 1.87 bits per heavy atom. The first-order chi connectivity index (χ1) is 10.9. The summed E-state index contributed by atoms with van der Waals surface area (Å²) in [6, 6.07) is 3.19. The van der Waals surface area contributed by atoms with Gasteiger partial charge in [-0.1, -0.05) is 0 Å². The summed E-state index contributed by atoms with van der Waals surface area (Å²) >= 11 is 0. The first-order valence-corrected chi connectivity index (χ1v) is 6.66. The van der Waals surface area contributed by atoms with Crippen molar-refractivity contribution in [1.29, 1.82) is 0 Å². The van der Waals surface area contributed by atoms with Crippen molar-refractivity contribution in [1.82, 2.24) is 23.7 Å². The van der Waals surface area contributed by atoms with Gasteiger partial charge in [0.2, 0.25) is 5.82 Å². The molecular weight excluding hydrogens is 302 g/mol. The minimum atomic E-state index is -0.744. The average Bonchev–Trinajstić information content (AvgIpc) is 2.89. The number of aromatic nitrogens is 5. The molecule has 0 aliphatic carbocycles. The molecule has 3 heterocycles. The fourth-order valence-electron chi connectivity index (χ4n) is 2.26. The predicted octanol–water partition coefficient (Wildman–Crippen LogP) is -0.415. The topological polar surface area (TPSA) is 101 Å². The highest BCUT2D eigenvalue weighted by Gasteiger charge is 2.22. The Hall–Kier alpha value is -3.23. The summed E-state index contributed by atoms with van der Waals surface area (Å²) in [7, 11) is 4.36. The second-order valence-electron chi connectivity index (χ2n) is 4.95. The van der Waals surface area contributed by atoms with E-state index < -0.39 is 17.2 Å². The van der Waals surface area contributed by atoms with Crippen molar-refractivity contribution in [3.63, 3.8) is 0 Å². The number of esters is 1. The largest absolute Gasteiger partial charge is 0.419 e. The highest BCUT2D eigenvalue weighted by Crippen LogP contribution is 2.13. The van der Waals surface area contributed by atoms with Crippen LogP contribution in [0, 0.1) is 0 Å². The summed E-state index contributed by atoms with van der Waals surface area (Å²) in [4.78, 5) is 44.4. The predicted molar refractivity (Wildman–Crippen MR) is 80.4 cm³/mol. The van der Waals surface area contributed by atoms with Gasteiger partial charge >= 0.3 is 11.7 Å². The zero-order valence-electron chi connectivity index (χ0n) is 12.7. The molecule has 0 unspecified atom stereocenters. The van der Waals surface area contributed by atoms with E-state index in [0.717, 1.165) is 4.57 Å². The summed E-state index contributed by atoms with van der Waals surface area (Å²) in [5.74, 6) is -0.570. The van der Waals surface area contributed by atoms with E-state index in [1.54, 1.807) is 18.3 Å². The molecule has 9 nitrogen and oxygen atoms in total. The number of ether oxygens (including phenoxy) is 1. The Balaban J connectivity index is 2.17. The summed E-state index contributed by atoms with van der Waals surface area (Å²) in [5.41, 5.74) is -0.780. The van der Waals surface area contributed by atoms with Crippen LogP contribution in [-0.2, 0) is 21.1 Å². The minimum Gasteiger partial charge on any atom is -0.419 e. The van der Waals surface area contributed by atoms with Gasteiger partial charge in [0.25, 0.3) is 5.56 Å². The van der Waals surface area contributed by atoms with Gasteiger partial charge in [-0.05, 0) is 12.1 Å². The van der Waals surface area contributed by atoms with Crippen LogP contribution >= 0.6 is 0 Å². The lowest BCUT2D eigenvalue weighted by Crippen LogP contribution is -2.37. The summed E-state index contributed by atoms with van der Waals surface area (Å²) in [6.07, 6.45) is 2.93. The second kappa shape index (κ2) is 5.20. The van der Waals surface area contributed by atoms with Crippen molar-refractivity contribution in [2.24, 2.45) is 21.1 Å². The zero-order chi connectivity index (χ0) is 16.7. The van der Waals surface area contributed by atoms with Crippen LogP contribution in [0.15, 0.2) is 34.1 Å². The molecule has 23 heavy (non-hydrogen) atoms. The molecule has 0 saturated carbocycles. The molecule has 3 aromatic heterocycles. The molecule has 0 saturated heterocycles. The lowest BCUT2D eigenvalue weighted by atomic mass is 10.4.